The molecule has 1 rings (SSSR count). The van der Waals surface area contributed by atoms with Crippen LogP contribution < -0.4 is 9.62 Å². The van der Waals surface area contributed by atoms with Gasteiger partial charge in [-0.2, -0.15) is 0 Å². The van der Waals surface area contributed by atoms with Crippen molar-refractivity contribution in [2.24, 2.45) is 0 Å². The summed E-state index contributed by atoms with van der Waals surface area (Å²) >= 11 is 0. The average molecular weight is 287 g/mol. The third-order valence-corrected chi connectivity index (χ3v) is 3.44. The van der Waals surface area contributed by atoms with Gasteiger partial charge in [0.1, 0.15) is 6.54 Å². The number of anilines is 1. The molecule has 0 aliphatic carbocycles. The third-order valence-electron chi connectivity index (χ3n) is 2.29. The van der Waals surface area contributed by atoms with Crippen LogP contribution in [0.2, 0.25) is 0 Å². The predicted octanol–water partition coefficient (Wildman–Crippen LogP) is 0.107. The minimum absolute atomic E-state index is 0.0697. The Bertz CT molecular complexity index is 599. The van der Waals surface area contributed by atoms with Gasteiger partial charge in [-0.05, 0) is 6.07 Å². The van der Waals surface area contributed by atoms with Crippen molar-refractivity contribution < 1.29 is 18.1 Å². The van der Waals surface area contributed by atoms with E-state index in [2.05, 4.69) is 5.32 Å². The summed E-state index contributed by atoms with van der Waals surface area (Å²) in [4.78, 5) is 21.3. The standard InChI is InChI=1S/C10H13N3O5S/c1-11-10(14)7-12(19(2,17)18)8-4-3-5-9(6-8)13(15)16/h3-6H,7H2,1-2H3,(H,11,14). The molecule has 9 heteroatoms. The van der Waals surface area contributed by atoms with Gasteiger partial charge >= 0.3 is 0 Å². The number of nitro benzene ring substituents is 1. The number of benzene rings is 1. The number of hydrogen-bond donors (Lipinski definition) is 1. The monoisotopic (exact) mass is 287 g/mol. The summed E-state index contributed by atoms with van der Waals surface area (Å²) in [6, 6.07) is 5.08. The van der Waals surface area contributed by atoms with Gasteiger partial charge in [0, 0.05) is 19.2 Å². The van der Waals surface area contributed by atoms with E-state index in [1.807, 2.05) is 0 Å². The number of carbonyl (C=O) groups excluding carboxylic acids is 1. The van der Waals surface area contributed by atoms with Crippen LogP contribution in [0.25, 0.3) is 0 Å². The van der Waals surface area contributed by atoms with Crippen molar-refractivity contribution in [1.29, 1.82) is 0 Å². The molecule has 0 aliphatic heterocycles. The third kappa shape index (κ3) is 3.91. The van der Waals surface area contributed by atoms with Gasteiger partial charge in [-0.25, -0.2) is 8.42 Å². The number of rotatable bonds is 5. The molecule has 19 heavy (non-hydrogen) atoms. The van der Waals surface area contributed by atoms with E-state index in [4.69, 9.17) is 0 Å². The van der Waals surface area contributed by atoms with Crippen LogP contribution in [0, 0.1) is 10.1 Å². The number of nitro groups is 1. The Morgan fingerprint density at radius 1 is 1.47 bits per heavy atom. The van der Waals surface area contributed by atoms with Crippen molar-refractivity contribution >= 4 is 27.3 Å². The molecule has 0 bridgehead atoms. The summed E-state index contributed by atoms with van der Waals surface area (Å²) in [7, 11) is -2.34. The van der Waals surface area contributed by atoms with Crippen molar-refractivity contribution in [3.63, 3.8) is 0 Å². The van der Waals surface area contributed by atoms with Gasteiger partial charge in [0.05, 0.1) is 16.9 Å². The number of amides is 1. The molecule has 1 N–H and O–H groups in total. The molecule has 0 atom stereocenters. The van der Waals surface area contributed by atoms with E-state index in [1.54, 1.807) is 0 Å². The Morgan fingerprint density at radius 2 is 2.11 bits per heavy atom. The summed E-state index contributed by atoms with van der Waals surface area (Å²) in [6.07, 6.45) is 0.925. The first-order chi connectivity index (χ1) is 8.75. The number of nitrogens with one attached hydrogen (secondary N) is 1. The molecule has 0 radical (unpaired) electrons. The van der Waals surface area contributed by atoms with Crippen molar-refractivity contribution in [3.8, 4) is 0 Å². The zero-order valence-corrected chi connectivity index (χ0v) is 11.2. The van der Waals surface area contributed by atoms with Crippen molar-refractivity contribution in [1.82, 2.24) is 5.32 Å². The zero-order valence-electron chi connectivity index (χ0n) is 10.4. The summed E-state index contributed by atoms with van der Waals surface area (Å²) in [5.74, 6) is -0.517. The quantitative estimate of drug-likeness (QED) is 0.610. The minimum Gasteiger partial charge on any atom is -0.358 e. The second kappa shape index (κ2) is 5.65. The largest absolute Gasteiger partial charge is 0.358 e. The van der Waals surface area contributed by atoms with Crippen LogP contribution in [-0.2, 0) is 14.8 Å². The number of carbonyl (C=O) groups is 1. The molecule has 0 heterocycles. The number of non-ortho nitro benzene ring substituents is 1. The SMILES string of the molecule is CNC(=O)CN(c1cccc([N+](=O)[O-])c1)S(C)(=O)=O. The molecule has 0 aliphatic rings. The second-order valence-corrected chi connectivity index (χ2v) is 5.63. The molecule has 0 spiro atoms. The predicted molar refractivity (Wildman–Crippen MR) is 69.4 cm³/mol. The summed E-state index contributed by atoms with van der Waals surface area (Å²) < 4.78 is 24.1. The molecule has 0 saturated carbocycles. The number of sulfonamides is 1. The van der Waals surface area contributed by atoms with Crippen LogP contribution in [0.5, 0.6) is 0 Å². The van der Waals surface area contributed by atoms with Crippen LogP contribution in [-0.4, -0.2) is 39.1 Å². The first-order valence-electron chi connectivity index (χ1n) is 5.18. The summed E-state index contributed by atoms with van der Waals surface area (Å²) in [6.45, 7) is -0.434. The highest BCUT2D eigenvalue weighted by Crippen LogP contribution is 2.22. The van der Waals surface area contributed by atoms with Crippen molar-refractivity contribution in [2.75, 3.05) is 24.2 Å². The van der Waals surface area contributed by atoms with E-state index in [0.29, 0.717) is 0 Å². The maximum atomic E-state index is 11.6. The van der Waals surface area contributed by atoms with Crippen LogP contribution in [0.15, 0.2) is 24.3 Å². The van der Waals surface area contributed by atoms with Crippen molar-refractivity contribution in [3.05, 3.63) is 34.4 Å². The van der Waals surface area contributed by atoms with Crippen LogP contribution in [0.3, 0.4) is 0 Å². The Hall–Kier alpha value is -2.16. The molecule has 0 fully saturated rings. The Kier molecular flexibility index (Phi) is 4.43. The Balaban J connectivity index is 3.22. The first kappa shape index (κ1) is 14.9. The minimum atomic E-state index is -3.72. The van der Waals surface area contributed by atoms with E-state index < -0.39 is 27.4 Å². The maximum absolute atomic E-state index is 11.6. The zero-order chi connectivity index (χ0) is 14.6. The van der Waals surface area contributed by atoms with Gasteiger partial charge in [-0.3, -0.25) is 19.2 Å². The molecule has 1 amide bonds. The lowest BCUT2D eigenvalue weighted by Gasteiger charge is -2.21. The van der Waals surface area contributed by atoms with Gasteiger partial charge in [0.25, 0.3) is 5.69 Å². The lowest BCUT2D eigenvalue weighted by atomic mass is 10.3. The molecule has 0 unspecified atom stereocenters. The highest BCUT2D eigenvalue weighted by molar-refractivity contribution is 7.92. The summed E-state index contributed by atoms with van der Waals surface area (Å²) in [5, 5.41) is 13.0. The number of likely N-dealkylation sites (N-methyl/N-ethyl adjacent to an activating group) is 1. The first-order valence-corrected chi connectivity index (χ1v) is 7.03. The van der Waals surface area contributed by atoms with Gasteiger partial charge < -0.3 is 5.32 Å². The molecular formula is C10H13N3O5S. The van der Waals surface area contributed by atoms with E-state index in [-0.39, 0.29) is 11.4 Å². The normalized spacial score (nSPS) is 10.8. The lowest BCUT2D eigenvalue weighted by Crippen LogP contribution is -2.39. The molecule has 0 aromatic heterocycles. The van der Waals surface area contributed by atoms with Crippen LogP contribution >= 0.6 is 0 Å². The maximum Gasteiger partial charge on any atom is 0.271 e. The van der Waals surface area contributed by atoms with Gasteiger partial charge in [-0.15, -0.1) is 0 Å². The fraction of sp³-hybridized carbons (Fsp3) is 0.300. The number of hydrogen-bond acceptors (Lipinski definition) is 5. The van der Waals surface area contributed by atoms with E-state index in [0.717, 1.165) is 16.6 Å². The van der Waals surface area contributed by atoms with Gasteiger partial charge in [-0.1, -0.05) is 6.07 Å². The topological polar surface area (TPSA) is 110 Å². The fourth-order valence-electron chi connectivity index (χ4n) is 1.37. The molecule has 0 saturated heterocycles. The molecule has 1 aromatic rings. The lowest BCUT2D eigenvalue weighted by molar-refractivity contribution is -0.384. The second-order valence-electron chi connectivity index (χ2n) is 3.72. The highest BCUT2D eigenvalue weighted by Gasteiger charge is 2.21. The number of nitrogens with zero attached hydrogens (tertiary/aromatic N) is 2. The smallest absolute Gasteiger partial charge is 0.271 e. The fourth-order valence-corrected chi connectivity index (χ4v) is 2.22. The van der Waals surface area contributed by atoms with Crippen molar-refractivity contribution in [2.45, 2.75) is 0 Å². The average Bonchev–Trinajstić information content (AvgIpc) is 2.34. The van der Waals surface area contributed by atoms with E-state index in [9.17, 15) is 23.3 Å². The Morgan fingerprint density at radius 3 is 2.58 bits per heavy atom. The van der Waals surface area contributed by atoms with E-state index >= 15 is 0 Å². The van der Waals surface area contributed by atoms with E-state index in [1.165, 1.54) is 25.2 Å². The molecule has 104 valence electrons. The highest BCUT2D eigenvalue weighted by atomic mass is 32.2. The molecule has 1 aromatic carbocycles. The van der Waals surface area contributed by atoms with Crippen LogP contribution in [0.1, 0.15) is 0 Å². The Labute approximate surface area is 110 Å². The molecule has 8 nitrogen and oxygen atoms in total. The molecular weight excluding hydrogens is 274 g/mol. The van der Waals surface area contributed by atoms with Gasteiger partial charge in [0.2, 0.25) is 15.9 Å². The van der Waals surface area contributed by atoms with Gasteiger partial charge in [0.15, 0.2) is 0 Å². The summed E-state index contributed by atoms with van der Waals surface area (Å²) in [5.41, 5.74) is -0.177. The van der Waals surface area contributed by atoms with Crippen LogP contribution in [0.4, 0.5) is 11.4 Å².